The summed E-state index contributed by atoms with van der Waals surface area (Å²) in [6.07, 6.45) is 0. The molecule has 0 atom stereocenters. The number of rotatable bonds is 15. The molecule has 0 saturated heterocycles. The first-order valence-corrected chi connectivity index (χ1v) is 6.68. The Kier molecular flexibility index (Phi) is 11.0. The third-order valence-electron chi connectivity index (χ3n) is 2.36. The summed E-state index contributed by atoms with van der Waals surface area (Å²) in [6.45, 7) is -2.51. The van der Waals surface area contributed by atoms with Crippen LogP contribution in [0.5, 0.6) is 0 Å². The smallest absolute Gasteiger partial charge is 0.317 e. The predicted molar refractivity (Wildman–Crippen MR) is 75.3 cm³/mol. The van der Waals surface area contributed by atoms with Gasteiger partial charge in [-0.2, -0.15) is 0 Å². The molecule has 0 fully saturated rings. The van der Waals surface area contributed by atoms with Gasteiger partial charge in [0.25, 0.3) is 0 Å². The number of nitrogens with zero attached hydrogens (tertiary/aromatic N) is 2. The van der Waals surface area contributed by atoms with E-state index in [0.717, 1.165) is 9.80 Å². The summed E-state index contributed by atoms with van der Waals surface area (Å²) >= 11 is 0. The number of carboxylic acid groups (broad SMARTS) is 4. The molecule has 138 valence electrons. The molecular formula is C12H20N2O10. The lowest BCUT2D eigenvalue weighted by Crippen LogP contribution is -2.37. The highest BCUT2D eigenvalue weighted by molar-refractivity contribution is 5.73. The van der Waals surface area contributed by atoms with Gasteiger partial charge >= 0.3 is 23.9 Å². The molecule has 0 aromatic heterocycles. The zero-order chi connectivity index (χ0) is 18.5. The van der Waals surface area contributed by atoms with E-state index in [-0.39, 0.29) is 26.7 Å². The molecule has 0 saturated carbocycles. The van der Waals surface area contributed by atoms with Gasteiger partial charge in [-0.3, -0.25) is 29.0 Å². The van der Waals surface area contributed by atoms with Gasteiger partial charge in [0.2, 0.25) is 0 Å². The summed E-state index contributed by atoms with van der Waals surface area (Å²) in [5, 5.41) is 34.5. The largest absolute Gasteiger partial charge is 0.480 e. The molecule has 0 aliphatic rings. The number of ether oxygens (including phenoxy) is 2. The van der Waals surface area contributed by atoms with Crippen LogP contribution in [-0.2, 0) is 28.7 Å². The number of hydrogen-bond acceptors (Lipinski definition) is 8. The van der Waals surface area contributed by atoms with Crippen LogP contribution in [-0.4, -0.2) is 107 Å². The maximum atomic E-state index is 10.6. The lowest BCUT2D eigenvalue weighted by molar-refractivity contribution is -0.148. The van der Waals surface area contributed by atoms with Crippen molar-refractivity contribution >= 4 is 23.9 Å². The summed E-state index contributed by atoms with van der Waals surface area (Å²) in [4.78, 5) is 44.3. The fourth-order valence-corrected chi connectivity index (χ4v) is 1.56. The fraction of sp³-hybridized carbons (Fsp3) is 0.667. The number of carboxylic acids is 4. The van der Waals surface area contributed by atoms with E-state index in [1.54, 1.807) is 0 Å². The van der Waals surface area contributed by atoms with Crippen LogP contribution >= 0.6 is 0 Å². The molecule has 0 radical (unpaired) electrons. The lowest BCUT2D eigenvalue weighted by atomic mass is 10.5. The average Bonchev–Trinajstić information content (AvgIpc) is 2.39. The summed E-state index contributed by atoms with van der Waals surface area (Å²) in [5.41, 5.74) is 0. The van der Waals surface area contributed by atoms with Gasteiger partial charge in [0.15, 0.2) is 0 Å². The highest BCUT2D eigenvalue weighted by atomic mass is 16.5. The van der Waals surface area contributed by atoms with Gasteiger partial charge in [-0.15, -0.1) is 0 Å². The number of hydrogen-bond donors (Lipinski definition) is 4. The molecule has 4 N–H and O–H groups in total. The molecule has 24 heavy (non-hydrogen) atoms. The van der Waals surface area contributed by atoms with E-state index in [2.05, 4.69) is 0 Å². The second kappa shape index (κ2) is 12.2. The van der Waals surface area contributed by atoms with Gasteiger partial charge in [-0.1, -0.05) is 0 Å². The van der Waals surface area contributed by atoms with Crippen molar-refractivity contribution in [2.45, 2.75) is 0 Å². The summed E-state index contributed by atoms with van der Waals surface area (Å²) < 4.78 is 10.1. The highest BCUT2D eigenvalue weighted by Crippen LogP contribution is 1.93. The normalized spacial score (nSPS) is 10.9. The fourth-order valence-electron chi connectivity index (χ4n) is 1.56. The molecule has 12 nitrogen and oxygen atoms in total. The molecule has 12 heteroatoms. The molecule has 0 aliphatic heterocycles. The molecule has 0 spiro atoms. The predicted octanol–water partition coefficient (Wildman–Crippen LogP) is -2.12. The topological polar surface area (TPSA) is 174 Å². The second-order valence-electron chi connectivity index (χ2n) is 4.62. The van der Waals surface area contributed by atoms with Gasteiger partial charge in [-0.25, -0.2) is 0 Å². The van der Waals surface area contributed by atoms with E-state index >= 15 is 0 Å². The molecule has 0 aliphatic carbocycles. The molecule has 0 amide bonds. The Balaban J connectivity index is 3.99. The summed E-state index contributed by atoms with van der Waals surface area (Å²) in [6, 6.07) is 0. The highest BCUT2D eigenvalue weighted by Gasteiger charge is 2.14. The van der Waals surface area contributed by atoms with Gasteiger partial charge in [-0.05, 0) is 0 Å². The van der Waals surface area contributed by atoms with Gasteiger partial charge < -0.3 is 29.9 Å². The first-order valence-electron chi connectivity index (χ1n) is 6.68. The van der Waals surface area contributed by atoms with Crippen molar-refractivity contribution in [1.82, 2.24) is 9.80 Å². The SMILES string of the molecule is O=C(O)CN(COCCOCN(CC(=O)O)CC(=O)O)CC(=O)O. The zero-order valence-electron chi connectivity index (χ0n) is 12.8. The molecule has 0 rings (SSSR count). The van der Waals surface area contributed by atoms with E-state index in [4.69, 9.17) is 29.9 Å². The summed E-state index contributed by atoms with van der Waals surface area (Å²) in [7, 11) is 0. The van der Waals surface area contributed by atoms with Crippen molar-refractivity contribution < 1.29 is 49.1 Å². The molecule has 0 bridgehead atoms. The first-order chi connectivity index (χ1) is 11.2. The van der Waals surface area contributed by atoms with Crippen molar-refractivity contribution in [3.63, 3.8) is 0 Å². The van der Waals surface area contributed by atoms with E-state index in [1.807, 2.05) is 0 Å². The molecule has 0 aromatic rings. The number of carbonyl (C=O) groups is 4. The van der Waals surface area contributed by atoms with Crippen LogP contribution in [0.25, 0.3) is 0 Å². The third-order valence-corrected chi connectivity index (χ3v) is 2.36. The van der Waals surface area contributed by atoms with E-state index in [1.165, 1.54) is 0 Å². The molecule has 0 heterocycles. The zero-order valence-corrected chi connectivity index (χ0v) is 12.8. The van der Waals surface area contributed by atoms with E-state index in [0.29, 0.717) is 0 Å². The van der Waals surface area contributed by atoms with Crippen LogP contribution in [0.4, 0.5) is 0 Å². The minimum atomic E-state index is -1.20. The molecular weight excluding hydrogens is 332 g/mol. The van der Waals surface area contributed by atoms with E-state index in [9.17, 15) is 19.2 Å². The molecule has 0 unspecified atom stereocenters. The molecule has 0 aromatic carbocycles. The van der Waals surface area contributed by atoms with Crippen molar-refractivity contribution in [3.8, 4) is 0 Å². The van der Waals surface area contributed by atoms with Crippen LogP contribution in [0.2, 0.25) is 0 Å². The van der Waals surface area contributed by atoms with Crippen molar-refractivity contribution in [3.05, 3.63) is 0 Å². The van der Waals surface area contributed by atoms with Crippen molar-refractivity contribution in [2.24, 2.45) is 0 Å². The maximum Gasteiger partial charge on any atom is 0.317 e. The minimum Gasteiger partial charge on any atom is -0.480 e. The minimum absolute atomic E-state index is 0.0102. The van der Waals surface area contributed by atoms with E-state index < -0.39 is 50.1 Å². The average molecular weight is 352 g/mol. The Morgan fingerprint density at radius 1 is 0.583 bits per heavy atom. The first kappa shape index (κ1) is 21.7. The monoisotopic (exact) mass is 352 g/mol. The quantitative estimate of drug-likeness (QED) is 0.186. The van der Waals surface area contributed by atoms with Crippen LogP contribution in [0.15, 0.2) is 0 Å². The Bertz CT molecular complexity index is 370. The summed E-state index contributed by atoms with van der Waals surface area (Å²) in [5.74, 6) is -4.80. The van der Waals surface area contributed by atoms with Crippen molar-refractivity contribution in [2.75, 3.05) is 52.9 Å². The Hall–Kier alpha value is -2.28. The van der Waals surface area contributed by atoms with Crippen LogP contribution in [0, 0.1) is 0 Å². The van der Waals surface area contributed by atoms with Gasteiger partial charge in [0.05, 0.1) is 39.4 Å². The van der Waals surface area contributed by atoms with Crippen LogP contribution in [0.1, 0.15) is 0 Å². The van der Waals surface area contributed by atoms with Crippen LogP contribution < -0.4 is 0 Å². The number of aliphatic carboxylic acids is 4. The maximum absolute atomic E-state index is 10.6. The van der Waals surface area contributed by atoms with Crippen LogP contribution in [0.3, 0.4) is 0 Å². The van der Waals surface area contributed by atoms with Crippen molar-refractivity contribution in [1.29, 1.82) is 0 Å². The lowest BCUT2D eigenvalue weighted by Gasteiger charge is -2.19. The third kappa shape index (κ3) is 13.4. The van der Waals surface area contributed by atoms with Gasteiger partial charge in [0, 0.05) is 0 Å². The standard InChI is InChI=1S/C12H20N2O10/c15-9(16)3-13(4-10(17)18)7-23-1-2-24-8-14(5-11(19)20)6-12(21)22/h1-8H2,(H,15,16)(H,17,18)(H,19,20)(H,21,22). The Labute approximate surface area is 136 Å². The van der Waals surface area contributed by atoms with Gasteiger partial charge in [0.1, 0.15) is 13.5 Å². The second-order valence-corrected chi connectivity index (χ2v) is 4.62. The Morgan fingerprint density at radius 2 is 0.833 bits per heavy atom. The Morgan fingerprint density at radius 3 is 1.04 bits per heavy atom.